The van der Waals surface area contributed by atoms with Crippen molar-refractivity contribution in [2.24, 2.45) is 0 Å². The highest BCUT2D eigenvalue weighted by Gasteiger charge is 2.15. The molecule has 0 saturated heterocycles. The Morgan fingerprint density at radius 3 is 2.72 bits per heavy atom. The smallest absolute Gasteiger partial charge is 0.232 e. The average molecular weight is 392 g/mol. The Labute approximate surface area is 169 Å². The summed E-state index contributed by atoms with van der Waals surface area (Å²) < 4.78 is 10.8. The highest BCUT2D eigenvalue weighted by atomic mass is 16.7. The van der Waals surface area contributed by atoms with Gasteiger partial charge in [-0.3, -0.25) is 4.90 Å². The molecule has 2 aromatic carbocycles. The summed E-state index contributed by atoms with van der Waals surface area (Å²) in [5, 5.41) is 3.26. The minimum Gasteiger partial charge on any atom is -0.454 e. The topological polar surface area (TPSA) is 98.4 Å². The van der Waals surface area contributed by atoms with Crippen molar-refractivity contribution in [3.05, 3.63) is 59.4 Å². The minimum atomic E-state index is 0.197. The van der Waals surface area contributed by atoms with Gasteiger partial charge in [0, 0.05) is 12.2 Å². The molecule has 0 radical (unpaired) electrons. The number of nitrogens with two attached hydrogens (primary N) is 1. The van der Waals surface area contributed by atoms with Crippen LogP contribution in [0.1, 0.15) is 23.9 Å². The van der Waals surface area contributed by atoms with Crippen molar-refractivity contribution in [1.29, 1.82) is 0 Å². The van der Waals surface area contributed by atoms with Crippen molar-refractivity contribution >= 4 is 17.6 Å². The fourth-order valence-electron chi connectivity index (χ4n) is 3.28. The van der Waals surface area contributed by atoms with Crippen LogP contribution in [0.2, 0.25) is 0 Å². The van der Waals surface area contributed by atoms with Crippen molar-refractivity contribution < 1.29 is 9.47 Å². The van der Waals surface area contributed by atoms with E-state index in [1.165, 1.54) is 5.56 Å². The Bertz CT molecular complexity index is 1010. The van der Waals surface area contributed by atoms with E-state index < -0.39 is 0 Å². The third-order valence-electron chi connectivity index (χ3n) is 4.64. The molecule has 0 atom stereocenters. The summed E-state index contributed by atoms with van der Waals surface area (Å²) in [6, 6.07) is 14.0. The zero-order chi connectivity index (χ0) is 20.2. The van der Waals surface area contributed by atoms with Gasteiger partial charge in [-0.1, -0.05) is 31.2 Å². The van der Waals surface area contributed by atoms with Gasteiger partial charge in [-0.2, -0.15) is 15.0 Å². The largest absolute Gasteiger partial charge is 0.454 e. The minimum absolute atomic E-state index is 0.197. The van der Waals surface area contributed by atoms with E-state index in [1.807, 2.05) is 43.4 Å². The van der Waals surface area contributed by atoms with E-state index in [9.17, 15) is 0 Å². The maximum atomic E-state index is 5.92. The molecule has 8 nitrogen and oxygen atoms in total. The van der Waals surface area contributed by atoms with E-state index >= 15 is 0 Å². The van der Waals surface area contributed by atoms with Gasteiger partial charge in [0.05, 0.1) is 6.54 Å². The van der Waals surface area contributed by atoms with E-state index in [0.717, 1.165) is 29.2 Å². The third kappa shape index (κ3) is 4.55. The Morgan fingerprint density at radius 1 is 1.03 bits per heavy atom. The quantitative estimate of drug-likeness (QED) is 0.633. The maximum Gasteiger partial charge on any atom is 0.232 e. The fourth-order valence-corrected chi connectivity index (χ4v) is 3.28. The molecule has 8 heteroatoms. The monoisotopic (exact) mass is 392 g/mol. The number of para-hydroxylation sites is 1. The summed E-state index contributed by atoms with van der Waals surface area (Å²) in [4.78, 5) is 15.2. The van der Waals surface area contributed by atoms with Crippen LogP contribution < -0.4 is 20.5 Å². The lowest BCUT2D eigenvalue weighted by atomic mass is 10.1. The number of hydrogen-bond donors (Lipinski definition) is 2. The molecule has 3 aromatic rings. The Morgan fingerprint density at radius 2 is 1.86 bits per heavy atom. The number of rotatable bonds is 7. The van der Waals surface area contributed by atoms with Crippen LogP contribution in [0.5, 0.6) is 11.5 Å². The van der Waals surface area contributed by atoms with E-state index in [-0.39, 0.29) is 12.7 Å². The SMILES string of the molecule is CCc1ccccc1Nc1nc(N)nc(CN(C)Cc2ccc3c(c2)OCO3)n1. The number of nitrogen functional groups attached to an aromatic ring is 1. The lowest BCUT2D eigenvalue weighted by molar-refractivity contribution is 0.174. The first-order chi connectivity index (χ1) is 14.1. The molecule has 150 valence electrons. The maximum absolute atomic E-state index is 5.92. The molecule has 0 unspecified atom stereocenters. The zero-order valence-corrected chi connectivity index (χ0v) is 16.6. The predicted octanol–water partition coefficient (Wildman–Crippen LogP) is 3.12. The van der Waals surface area contributed by atoms with Crippen LogP contribution in [0.3, 0.4) is 0 Å². The molecule has 1 aromatic heterocycles. The molecular formula is C21H24N6O2. The lowest BCUT2D eigenvalue weighted by Gasteiger charge is -2.17. The third-order valence-corrected chi connectivity index (χ3v) is 4.64. The molecular weight excluding hydrogens is 368 g/mol. The molecule has 0 amide bonds. The number of nitrogens with one attached hydrogen (secondary N) is 1. The van der Waals surface area contributed by atoms with Crippen molar-refractivity contribution in [2.45, 2.75) is 26.4 Å². The van der Waals surface area contributed by atoms with Crippen molar-refractivity contribution in [3.63, 3.8) is 0 Å². The number of fused-ring (bicyclic) bond motifs is 1. The average Bonchev–Trinajstić information content (AvgIpc) is 3.15. The second-order valence-corrected chi connectivity index (χ2v) is 6.93. The first-order valence-corrected chi connectivity index (χ1v) is 9.53. The predicted molar refractivity (Wildman–Crippen MR) is 111 cm³/mol. The number of benzene rings is 2. The molecule has 29 heavy (non-hydrogen) atoms. The van der Waals surface area contributed by atoms with Gasteiger partial charge in [-0.05, 0) is 42.8 Å². The molecule has 3 N–H and O–H groups in total. The van der Waals surface area contributed by atoms with Gasteiger partial charge in [0.1, 0.15) is 5.82 Å². The number of aromatic nitrogens is 3. The first kappa shape index (κ1) is 18.9. The van der Waals surface area contributed by atoms with E-state index in [2.05, 4.69) is 38.2 Å². The lowest BCUT2D eigenvalue weighted by Crippen LogP contribution is -2.20. The van der Waals surface area contributed by atoms with Crippen molar-refractivity contribution in [2.75, 3.05) is 24.9 Å². The van der Waals surface area contributed by atoms with E-state index in [1.54, 1.807) is 0 Å². The van der Waals surface area contributed by atoms with Crippen LogP contribution >= 0.6 is 0 Å². The molecule has 0 aliphatic carbocycles. The van der Waals surface area contributed by atoms with Gasteiger partial charge in [0.25, 0.3) is 0 Å². The summed E-state index contributed by atoms with van der Waals surface area (Å²) in [6.07, 6.45) is 0.912. The molecule has 0 spiro atoms. The summed E-state index contributed by atoms with van der Waals surface area (Å²) in [5.41, 5.74) is 9.20. The first-order valence-electron chi connectivity index (χ1n) is 9.53. The highest BCUT2D eigenvalue weighted by Crippen LogP contribution is 2.32. The second kappa shape index (κ2) is 8.32. The highest BCUT2D eigenvalue weighted by molar-refractivity contribution is 5.58. The van der Waals surface area contributed by atoms with Crippen molar-refractivity contribution in [3.8, 4) is 11.5 Å². The van der Waals surface area contributed by atoms with Gasteiger partial charge in [0.2, 0.25) is 18.7 Å². The molecule has 0 bridgehead atoms. The molecule has 2 heterocycles. The normalized spacial score (nSPS) is 12.4. The molecule has 1 aliphatic rings. The summed E-state index contributed by atoms with van der Waals surface area (Å²) in [5.74, 6) is 2.82. The zero-order valence-electron chi connectivity index (χ0n) is 16.6. The number of hydrogen-bond acceptors (Lipinski definition) is 8. The molecule has 0 fully saturated rings. The summed E-state index contributed by atoms with van der Waals surface area (Å²) in [6.45, 7) is 3.63. The standard InChI is InChI=1S/C21H24N6O2/c1-3-15-6-4-5-7-16(15)23-21-25-19(24-20(22)26-21)12-27(2)11-14-8-9-17-18(10-14)29-13-28-17/h4-10H,3,11-13H2,1-2H3,(H3,22,23,24,25,26). The van der Waals surface area contributed by atoms with Crippen LogP contribution in [0, 0.1) is 0 Å². The summed E-state index contributed by atoms with van der Waals surface area (Å²) >= 11 is 0. The Kier molecular flexibility index (Phi) is 5.44. The van der Waals surface area contributed by atoms with Gasteiger partial charge in [-0.15, -0.1) is 0 Å². The van der Waals surface area contributed by atoms with Crippen LogP contribution in [0.25, 0.3) is 0 Å². The number of nitrogens with zero attached hydrogens (tertiary/aromatic N) is 4. The number of ether oxygens (including phenoxy) is 2. The summed E-state index contributed by atoms with van der Waals surface area (Å²) in [7, 11) is 2.00. The second-order valence-electron chi connectivity index (χ2n) is 6.93. The molecule has 4 rings (SSSR count). The molecule has 1 aliphatic heterocycles. The van der Waals surface area contributed by atoms with E-state index in [4.69, 9.17) is 15.2 Å². The van der Waals surface area contributed by atoms with Gasteiger partial charge >= 0.3 is 0 Å². The number of aryl methyl sites for hydroxylation is 1. The fraction of sp³-hybridized carbons (Fsp3) is 0.286. The Balaban J connectivity index is 1.46. The van der Waals surface area contributed by atoms with Crippen LogP contribution in [-0.4, -0.2) is 33.7 Å². The number of anilines is 3. The van der Waals surface area contributed by atoms with Gasteiger partial charge in [0.15, 0.2) is 11.5 Å². The Hall–Kier alpha value is -3.39. The van der Waals surface area contributed by atoms with Crippen molar-refractivity contribution in [1.82, 2.24) is 19.9 Å². The van der Waals surface area contributed by atoms with Crippen LogP contribution in [0.4, 0.5) is 17.6 Å². The van der Waals surface area contributed by atoms with Crippen LogP contribution in [-0.2, 0) is 19.5 Å². The van der Waals surface area contributed by atoms with E-state index in [0.29, 0.717) is 24.9 Å². The molecule has 0 saturated carbocycles. The van der Waals surface area contributed by atoms with Gasteiger partial charge < -0.3 is 20.5 Å². The van der Waals surface area contributed by atoms with Crippen LogP contribution in [0.15, 0.2) is 42.5 Å². The van der Waals surface area contributed by atoms with Gasteiger partial charge in [-0.25, -0.2) is 0 Å².